The smallest absolute Gasteiger partial charge is 0.320 e. The lowest BCUT2D eigenvalue weighted by atomic mass is 9.84. The van der Waals surface area contributed by atoms with Crippen LogP contribution in [0.3, 0.4) is 0 Å². The van der Waals surface area contributed by atoms with E-state index < -0.39 is 13.2 Å². The fourth-order valence-electron chi connectivity index (χ4n) is 1.63. The summed E-state index contributed by atoms with van der Waals surface area (Å²) in [6.45, 7) is 11.3. The molecule has 0 saturated heterocycles. The van der Waals surface area contributed by atoms with Gasteiger partial charge in [0.2, 0.25) is 0 Å². The largest absolute Gasteiger partial charge is 0.595 e. The molecule has 0 bridgehead atoms. The summed E-state index contributed by atoms with van der Waals surface area (Å²) in [5.74, 6) is 0.159. The van der Waals surface area contributed by atoms with Crippen LogP contribution in [0.1, 0.15) is 27.7 Å². The zero-order valence-corrected chi connectivity index (χ0v) is 9.10. The molecule has 0 N–H and O–H groups in total. The quantitative estimate of drug-likeness (QED) is 0.501. The topological polar surface area (TPSA) is 40.1 Å². The van der Waals surface area contributed by atoms with E-state index in [1.165, 1.54) is 0 Å². The second kappa shape index (κ2) is 4.15. The maximum Gasteiger partial charge on any atom is 0.320 e. The zero-order chi connectivity index (χ0) is 9.94. The van der Waals surface area contributed by atoms with Crippen LogP contribution in [0.2, 0.25) is 0 Å². The van der Waals surface area contributed by atoms with Crippen molar-refractivity contribution in [3.8, 4) is 0 Å². The first-order valence-corrected chi connectivity index (χ1v) is 5.35. The van der Waals surface area contributed by atoms with Crippen LogP contribution in [0.25, 0.3) is 0 Å². The Kier molecular flexibility index (Phi) is 4.09. The molecule has 0 radical (unpaired) electrons. The molecule has 1 unspecified atom stereocenters. The fraction of sp³-hybridized carbons (Fsp3) is 0.778. The van der Waals surface area contributed by atoms with Gasteiger partial charge in [-0.15, -0.1) is 0 Å². The summed E-state index contributed by atoms with van der Waals surface area (Å²) in [5, 5.41) is -0.741. The lowest BCUT2D eigenvalue weighted by Crippen LogP contribution is -2.37. The number of rotatable bonds is 4. The zero-order valence-electron chi connectivity index (χ0n) is 8.20. The van der Waals surface area contributed by atoms with Crippen molar-refractivity contribution in [3.63, 3.8) is 0 Å². The van der Waals surface area contributed by atoms with E-state index in [0.717, 1.165) is 0 Å². The van der Waals surface area contributed by atoms with Crippen molar-refractivity contribution in [2.75, 3.05) is 0 Å². The molecule has 0 aliphatic carbocycles. The third kappa shape index (κ3) is 1.75. The van der Waals surface area contributed by atoms with E-state index >= 15 is 0 Å². The summed E-state index contributed by atoms with van der Waals surface area (Å²) < 4.78 is 11.1. The molecule has 0 saturated carbocycles. The first-order chi connectivity index (χ1) is 5.39. The normalized spacial score (nSPS) is 13.8. The van der Waals surface area contributed by atoms with Gasteiger partial charge in [0.25, 0.3) is 0 Å². The molecule has 0 aromatic carbocycles. The first kappa shape index (κ1) is 11.8. The predicted molar refractivity (Wildman–Crippen MR) is 50.2 cm³/mol. The van der Waals surface area contributed by atoms with Gasteiger partial charge in [0.1, 0.15) is 0 Å². The summed E-state index contributed by atoms with van der Waals surface area (Å²) in [7, 11) is -2.45. The lowest BCUT2D eigenvalue weighted by Gasteiger charge is -2.29. The van der Waals surface area contributed by atoms with E-state index in [9.17, 15) is 9.46 Å². The molecular formula is C9H17O2P. The Balaban J connectivity index is 5.03. The highest BCUT2D eigenvalue weighted by atomic mass is 31.1. The molecule has 0 spiro atoms. The minimum absolute atomic E-state index is 0.0797. The van der Waals surface area contributed by atoms with Gasteiger partial charge in [-0.3, -0.25) is 0 Å². The predicted octanol–water partition coefficient (Wildman–Crippen LogP) is 2.33. The molecule has 0 aliphatic heterocycles. The molecule has 3 heteroatoms. The van der Waals surface area contributed by atoms with Crippen LogP contribution in [0.4, 0.5) is 0 Å². The van der Waals surface area contributed by atoms with Crippen LogP contribution >= 0.6 is 8.03 Å². The first-order valence-electron chi connectivity index (χ1n) is 4.17. The average molecular weight is 188 g/mol. The molecule has 1 atom stereocenters. The summed E-state index contributed by atoms with van der Waals surface area (Å²) in [6, 6.07) is 0. The Morgan fingerprint density at radius 3 is 1.67 bits per heavy atom. The maximum absolute atomic E-state index is 11.1. The molecule has 12 heavy (non-hydrogen) atoms. The van der Waals surface area contributed by atoms with Gasteiger partial charge in [0.05, 0.1) is 0 Å². The van der Waals surface area contributed by atoms with Crippen molar-refractivity contribution < 1.29 is 9.46 Å². The second-order valence-electron chi connectivity index (χ2n) is 3.66. The molecule has 2 nitrogen and oxygen atoms in total. The van der Waals surface area contributed by atoms with Crippen LogP contribution in [0.5, 0.6) is 0 Å². The number of hydrogen-bond donors (Lipinski definition) is 0. The molecule has 70 valence electrons. The molecule has 0 aliphatic rings. The van der Waals surface area contributed by atoms with Gasteiger partial charge in [-0.05, 0) is 6.08 Å². The Morgan fingerprint density at radius 1 is 1.33 bits per heavy atom. The second-order valence-corrected chi connectivity index (χ2v) is 4.95. The lowest BCUT2D eigenvalue weighted by molar-refractivity contribution is -0.170. The molecule has 0 heterocycles. The van der Waals surface area contributed by atoms with Crippen molar-refractivity contribution in [2.24, 2.45) is 11.8 Å². The minimum atomic E-state index is -2.45. The molecule has 0 amide bonds. The number of hydrogen-bond acceptors (Lipinski definition) is 2. The fourth-order valence-corrected chi connectivity index (χ4v) is 2.63. The summed E-state index contributed by atoms with van der Waals surface area (Å²) in [5.41, 5.74) is 0. The van der Waals surface area contributed by atoms with Crippen molar-refractivity contribution in [3.05, 3.63) is 12.7 Å². The summed E-state index contributed by atoms with van der Waals surface area (Å²) >= 11 is 0. The van der Waals surface area contributed by atoms with E-state index in [0.29, 0.717) is 0 Å². The van der Waals surface area contributed by atoms with E-state index in [1.54, 1.807) is 6.08 Å². The van der Waals surface area contributed by atoms with Gasteiger partial charge < -0.3 is 4.89 Å². The number of allylic oxidation sites excluding steroid dienone is 1. The van der Waals surface area contributed by atoms with Crippen LogP contribution < -0.4 is 4.89 Å². The van der Waals surface area contributed by atoms with Gasteiger partial charge in [0, 0.05) is 11.8 Å². The van der Waals surface area contributed by atoms with Gasteiger partial charge in [0.15, 0.2) is 5.16 Å². The van der Waals surface area contributed by atoms with E-state index in [-0.39, 0.29) is 11.8 Å². The van der Waals surface area contributed by atoms with Gasteiger partial charge in [-0.1, -0.05) is 38.8 Å². The van der Waals surface area contributed by atoms with Crippen LogP contribution in [-0.4, -0.2) is 5.16 Å². The van der Waals surface area contributed by atoms with E-state index in [4.69, 9.17) is 0 Å². The maximum atomic E-state index is 11.1. The van der Waals surface area contributed by atoms with Crippen molar-refractivity contribution in [1.82, 2.24) is 0 Å². The van der Waals surface area contributed by atoms with Gasteiger partial charge in [-0.2, -0.15) is 0 Å². The molecule has 0 aromatic heterocycles. The van der Waals surface area contributed by atoms with Gasteiger partial charge in [-0.25, -0.2) is 0 Å². The van der Waals surface area contributed by atoms with Crippen LogP contribution in [-0.2, 0) is 4.57 Å². The minimum Gasteiger partial charge on any atom is -0.595 e. The van der Waals surface area contributed by atoms with Crippen molar-refractivity contribution in [1.29, 1.82) is 0 Å². The van der Waals surface area contributed by atoms with Crippen molar-refractivity contribution in [2.45, 2.75) is 32.9 Å². The third-order valence-corrected chi connectivity index (χ3v) is 4.34. The standard InChI is InChI=1S/C9H17O2P/c1-6-9(7(2)3,8(4)5)12(10)11/h6-8H,1H2,2-5H3. The molecule has 0 rings (SSSR count). The molecule has 0 fully saturated rings. The Bertz CT molecular complexity index is 177. The van der Waals surface area contributed by atoms with E-state index in [2.05, 4.69) is 6.58 Å². The third-order valence-electron chi connectivity index (χ3n) is 2.49. The molecular weight excluding hydrogens is 171 g/mol. The monoisotopic (exact) mass is 188 g/mol. The Hall–Kier alpha value is -0.200. The highest BCUT2D eigenvalue weighted by Crippen LogP contribution is 2.45. The van der Waals surface area contributed by atoms with Crippen molar-refractivity contribution >= 4 is 8.03 Å². The van der Waals surface area contributed by atoms with Crippen LogP contribution in [0.15, 0.2) is 12.7 Å². The SMILES string of the molecule is C=CC(C(C)C)(C(C)C)[P+](=O)[O-]. The van der Waals surface area contributed by atoms with Gasteiger partial charge >= 0.3 is 8.03 Å². The van der Waals surface area contributed by atoms with Crippen LogP contribution in [0, 0.1) is 11.8 Å². The average Bonchev–Trinajstić information content (AvgIpc) is 1.86. The Labute approximate surface area is 75.6 Å². The highest BCUT2D eigenvalue weighted by Gasteiger charge is 2.46. The molecule has 0 aromatic rings. The highest BCUT2D eigenvalue weighted by molar-refractivity contribution is 7.38. The summed E-state index contributed by atoms with van der Waals surface area (Å²) in [4.78, 5) is 11.1. The summed E-state index contributed by atoms with van der Waals surface area (Å²) in [6.07, 6.45) is 1.56. The van der Waals surface area contributed by atoms with E-state index in [1.807, 2.05) is 27.7 Å². The Morgan fingerprint density at radius 2 is 1.67 bits per heavy atom.